The minimum absolute atomic E-state index is 0.00539. The van der Waals surface area contributed by atoms with Gasteiger partial charge in [0.15, 0.2) is 0 Å². The lowest BCUT2D eigenvalue weighted by molar-refractivity contribution is -0.141. The third-order valence-electron chi connectivity index (χ3n) is 3.02. The van der Waals surface area contributed by atoms with Crippen molar-refractivity contribution in [1.29, 1.82) is 0 Å². The van der Waals surface area contributed by atoms with E-state index in [-0.39, 0.29) is 18.4 Å². The Kier molecular flexibility index (Phi) is 4.59. The van der Waals surface area contributed by atoms with Crippen LogP contribution in [0.4, 0.5) is 0 Å². The molecule has 14 heavy (non-hydrogen) atoms. The quantitative estimate of drug-likeness (QED) is 0.749. The van der Waals surface area contributed by atoms with E-state index in [9.17, 15) is 4.79 Å². The molecule has 1 unspecified atom stereocenters. The van der Waals surface area contributed by atoms with Crippen molar-refractivity contribution in [1.82, 2.24) is 4.90 Å². The van der Waals surface area contributed by atoms with Crippen LogP contribution in [0.25, 0.3) is 0 Å². The molecule has 1 amide bonds. The fraction of sp³-hybridized carbons (Fsp3) is 0.909. The maximum absolute atomic E-state index is 11.9. The number of likely N-dealkylation sites (N-methyl/N-ethyl adjacent to an activating group) is 1. The normalized spacial score (nSPS) is 14.3. The topological polar surface area (TPSA) is 40.5 Å². The molecule has 0 aromatic rings. The number of nitrogens with zero attached hydrogens (tertiary/aromatic N) is 1. The Labute approximate surface area is 87.1 Å². The third-order valence-corrected chi connectivity index (χ3v) is 3.02. The lowest BCUT2D eigenvalue weighted by atomic mass is 9.94. The lowest BCUT2D eigenvalue weighted by Gasteiger charge is -2.36. The minimum Gasteiger partial charge on any atom is -0.394 e. The number of hydrogen-bond donors (Lipinski definition) is 1. The number of carbonyl (C=O) groups is 1. The molecule has 0 aliphatic heterocycles. The van der Waals surface area contributed by atoms with Crippen LogP contribution in [0.1, 0.15) is 34.6 Å². The molecule has 0 bridgehead atoms. The molecule has 0 spiro atoms. The molecule has 84 valence electrons. The van der Waals surface area contributed by atoms with Gasteiger partial charge < -0.3 is 10.0 Å². The highest BCUT2D eigenvalue weighted by Crippen LogP contribution is 2.18. The first kappa shape index (κ1) is 13.4. The van der Waals surface area contributed by atoms with Gasteiger partial charge >= 0.3 is 0 Å². The predicted octanol–water partition coefficient (Wildman–Crippen LogP) is 1.51. The van der Waals surface area contributed by atoms with Crippen molar-refractivity contribution in [3.05, 3.63) is 0 Å². The first-order chi connectivity index (χ1) is 6.24. The predicted molar refractivity (Wildman–Crippen MR) is 57.9 cm³/mol. The zero-order chi connectivity index (χ0) is 11.5. The monoisotopic (exact) mass is 201 g/mol. The third kappa shape index (κ3) is 2.98. The smallest absolute Gasteiger partial charge is 0.225 e. The minimum atomic E-state index is -0.472. The SMILES string of the molecule is CC(C)C(C)C(=O)N(C)C(C)(C)CO. The molecule has 0 saturated carbocycles. The molecular weight excluding hydrogens is 178 g/mol. The molecule has 0 saturated heterocycles. The zero-order valence-electron chi connectivity index (χ0n) is 10.2. The van der Waals surface area contributed by atoms with Gasteiger partial charge in [0.2, 0.25) is 5.91 Å². The summed E-state index contributed by atoms with van der Waals surface area (Å²) in [7, 11) is 1.75. The van der Waals surface area contributed by atoms with Crippen LogP contribution in [0.5, 0.6) is 0 Å². The summed E-state index contributed by atoms with van der Waals surface area (Å²) in [6.45, 7) is 9.69. The Balaban J connectivity index is 4.55. The molecule has 0 radical (unpaired) electrons. The first-order valence-electron chi connectivity index (χ1n) is 5.12. The second-order valence-corrected chi connectivity index (χ2v) is 4.90. The van der Waals surface area contributed by atoms with E-state index >= 15 is 0 Å². The van der Waals surface area contributed by atoms with Crippen molar-refractivity contribution < 1.29 is 9.90 Å². The average molecular weight is 201 g/mol. The van der Waals surface area contributed by atoms with E-state index in [1.807, 2.05) is 34.6 Å². The Morgan fingerprint density at radius 2 is 1.79 bits per heavy atom. The lowest BCUT2D eigenvalue weighted by Crippen LogP contribution is -2.50. The molecule has 0 rings (SSSR count). The van der Waals surface area contributed by atoms with E-state index in [1.54, 1.807) is 11.9 Å². The molecular formula is C11H23NO2. The molecule has 0 aliphatic carbocycles. The number of aliphatic hydroxyl groups is 1. The van der Waals surface area contributed by atoms with Crippen LogP contribution in [0.15, 0.2) is 0 Å². The molecule has 1 N–H and O–H groups in total. The summed E-state index contributed by atoms with van der Waals surface area (Å²) >= 11 is 0. The van der Waals surface area contributed by atoms with Crippen LogP contribution >= 0.6 is 0 Å². The fourth-order valence-corrected chi connectivity index (χ4v) is 0.995. The zero-order valence-corrected chi connectivity index (χ0v) is 10.2. The van der Waals surface area contributed by atoms with Crippen LogP contribution < -0.4 is 0 Å². The summed E-state index contributed by atoms with van der Waals surface area (Å²) in [6, 6.07) is 0. The summed E-state index contributed by atoms with van der Waals surface area (Å²) in [4.78, 5) is 13.5. The Morgan fingerprint density at radius 1 is 1.36 bits per heavy atom. The van der Waals surface area contributed by atoms with Crippen LogP contribution in [-0.2, 0) is 4.79 Å². The van der Waals surface area contributed by atoms with Crippen molar-refractivity contribution >= 4 is 5.91 Å². The van der Waals surface area contributed by atoms with Gasteiger partial charge in [0.25, 0.3) is 0 Å². The van der Waals surface area contributed by atoms with E-state index in [0.717, 1.165) is 0 Å². The highest BCUT2D eigenvalue weighted by atomic mass is 16.3. The van der Waals surface area contributed by atoms with Gasteiger partial charge in [-0.3, -0.25) is 4.79 Å². The van der Waals surface area contributed by atoms with Crippen LogP contribution in [0.2, 0.25) is 0 Å². The van der Waals surface area contributed by atoms with Crippen molar-refractivity contribution in [2.24, 2.45) is 11.8 Å². The highest BCUT2D eigenvalue weighted by molar-refractivity contribution is 5.79. The Morgan fingerprint density at radius 3 is 2.07 bits per heavy atom. The van der Waals surface area contributed by atoms with E-state index in [1.165, 1.54) is 0 Å². The Bertz CT molecular complexity index is 199. The van der Waals surface area contributed by atoms with Crippen LogP contribution in [-0.4, -0.2) is 35.1 Å². The molecule has 0 fully saturated rings. The van der Waals surface area contributed by atoms with E-state index in [4.69, 9.17) is 5.11 Å². The van der Waals surface area contributed by atoms with Crippen molar-refractivity contribution in [2.45, 2.75) is 40.2 Å². The van der Waals surface area contributed by atoms with Crippen LogP contribution in [0.3, 0.4) is 0 Å². The molecule has 0 aromatic carbocycles. The van der Waals surface area contributed by atoms with Gasteiger partial charge in [0.1, 0.15) is 0 Å². The average Bonchev–Trinajstić information content (AvgIpc) is 2.14. The number of carbonyl (C=O) groups excluding carboxylic acids is 1. The van der Waals surface area contributed by atoms with Crippen molar-refractivity contribution in [3.8, 4) is 0 Å². The highest BCUT2D eigenvalue weighted by Gasteiger charge is 2.30. The van der Waals surface area contributed by atoms with Gasteiger partial charge in [-0.05, 0) is 19.8 Å². The van der Waals surface area contributed by atoms with Gasteiger partial charge in [-0.1, -0.05) is 20.8 Å². The number of hydrogen-bond acceptors (Lipinski definition) is 2. The van der Waals surface area contributed by atoms with Crippen LogP contribution in [0, 0.1) is 11.8 Å². The van der Waals surface area contributed by atoms with Gasteiger partial charge in [0, 0.05) is 13.0 Å². The number of rotatable bonds is 4. The molecule has 1 atom stereocenters. The second-order valence-electron chi connectivity index (χ2n) is 4.90. The van der Waals surface area contributed by atoms with Gasteiger partial charge in [-0.2, -0.15) is 0 Å². The van der Waals surface area contributed by atoms with Gasteiger partial charge in [0.05, 0.1) is 12.1 Å². The molecule has 0 heterocycles. The van der Waals surface area contributed by atoms with E-state index in [2.05, 4.69) is 0 Å². The maximum Gasteiger partial charge on any atom is 0.225 e. The number of amides is 1. The molecule has 0 aromatic heterocycles. The fourth-order valence-electron chi connectivity index (χ4n) is 0.995. The largest absolute Gasteiger partial charge is 0.394 e. The Hall–Kier alpha value is -0.570. The van der Waals surface area contributed by atoms with E-state index < -0.39 is 5.54 Å². The standard InChI is InChI=1S/C11H23NO2/c1-8(2)9(3)10(14)12(6)11(4,5)7-13/h8-9,13H,7H2,1-6H3. The van der Waals surface area contributed by atoms with Gasteiger partial charge in [-0.15, -0.1) is 0 Å². The molecule has 3 nitrogen and oxygen atoms in total. The van der Waals surface area contributed by atoms with Crippen molar-refractivity contribution in [3.63, 3.8) is 0 Å². The maximum atomic E-state index is 11.9. The van der Waals surface area contributed by atoms with Crippen molar-refractivity contribution in [2.75, 3.05) is 13.7 Å². The molecule has 3 heteroatoms. The summed E-state index contributed by atoms with van der Waals surface area (Å²) in [5.41, 5.74) is -0.472. The summed E-state index contributed by atoms with van der Waals surface area (Å²) in [5, 5.41) is 9.14. The first-order valence-corrected chi connectivity index (χ1v) is 5.12. The van der Waals surface area contributed by atoms with E-state index in [0.29, 0.717) is 5.92 Å². The second kappa shape index (κ2) is 4.78. The summed E-state index contributed by atoms with van der Waals surface area (Å²) in [5.74, 6) is 0.435. The summed E-state index contributed by atoms with van der Waals surface area (Å²) < 4.78 is 0. The number of aliphatic hydroxyl groups excluding tert-OH is 1. The molecule has 0 aliphatic rings. The van der Waals surface area contributed by atoms with Gasteiger partial charge in [-0.25, -0.2) is 0 Å². The summed E-state index contributed by atoms with van der Waals surface area (Å²) in [6.07, 6.45) is 0.